The molecule has 1 aliphatic rings. The third-order valence-corrected chi connectivity index (χ3v) is 3.53. The Labute approximate surface area is 117 Å². The molecule has 0 spiro atoms. The Bertz CT molecular complexity index is 596. The molecular weight excluding hydrogens is 254 g/mol. The molecule has 0 radical (unpaired) electrons. The average Bonchev–Trinajstić information content (AvgIpc) is 2.89. The van der Waals surface area contributed by atoms with Gasteiger partial charge in [-0.25, -0.2) is 4.98 Å². The predicted octanol–water partition coefficient (Wildman–Crippen LogP) is 1.93. The topological polar surface area (TPSA) is 58.2 Å². The number of hydrogen-bond donors (Lipinski definition) is 1. The van der Waals surface area contributed by atoms with E-state index in [1.54, 1.807) is 17.3 Å². The molecule has 0 atom stereocenters. The third-order valence-electron chi connectivity index (χ3n) is 3.53. The number of benzene rings is 1. The third kappa shape index (κ3) is 2.27. The van der Waals surface area contributed by atoms with Crippen LogP contribution in [0.5, 0.6) is 5.75 Å². The first-order valence-corrected chi connectivity index (χ1v) is 6.66. The van der Waals surface area contributed by atoms with E-state index in [0.29, 0.717) is 18.9 Å². The molecule has 1 N–H and O–H groups in total. The molecule has 2 heterocycles. The quantitative estimate of drug-likeness (QED) is 0.928. The Morgan fingerprint density at radius 1 is 1.35 bits per heavy atom. The van der Waals surface area contributed by atoms with Crippen molar-refractivity contribution in [3.8, 4) is 5.75 Å². The lowest BCUT2D eigenvalue weighted by atomic mass is 10.1. The van der Waals surface area contributed by atoms with E-state index in [0.717, 1.165) is 16.9 Å². The predicted molar refractivity (Wildman–Crippen MR) is 74.8 cm³/mol. The van der Waals surface area contributed by atoms with Crippen LogP contribution in [0.25, 0.3) is 0 Å². The molecule has 5 heteroatoms. The van der Waals surface area contributed by atoms with Crippen LogP contribution in [-0.2, 0) is 0 Å². The van der Waals surface area contributed by atoms with Gasteiger partial charge in [-0.2, -0.15) is 0 Å². The number of likely N-dealkylation sites (tertiary alicyclic amines) is 1. The zero-order valence-corrected chi connectivity index (χ0v) is 11.6. The minimum Gasteiger partial charge on any atom is -0.486 e. The lowest BCUT2D eigenvalue weighted by Crippen LogP contribution is -2.56. The number of aromatic nitrogens is 2. The summed E-state index contributed by atoms with van der Waals surface area (Å²) in [6.07, 6.45) is 3.30. The smallest absolute Gasteiger partial charge is 0.289 e. The van der Waals surface area contributed by atoms with E-state index in [-0.39, 0.29) is 12.0 Å². The van der Waals surface area contributed by atoms with Crippen molar-refractivity contribution in [3.05, 3.63) is 47.5 Å². The van der Waals surface area contributed by atoms with Crippen molar-refractivity contribution < 1.29 is 9.53 Å². The lowest BCUT2D eigenvalue weighted by Gasteiger charge is -2.39. The maximum atomic E-state index is 12.0. The molecule has 0 saturated carbocycles. The molecule has 2 aromatic rings. The number of aryl methyl sites for hydroxylation is 2. The molecule has 1 fully saturated rings. The lowest BCUT2D eigenvalue weighted by molar-refractivity contribution is 0.0164. The second kappa shape index (κ2) is 5.00. The number of nitrogens with one attached hydrogen (secondary N) is 1. The molecule has 1 aromatic heterocycles. The van der Waals surface area contributed by atoms with E-state index < -0.39 is 0 Å². The molecule has 1 amide bonds. The van der Waals surface area contributed by atoms with E-state index in [1.165, 1.54) is 0 Å². The highest BCUT2D eigenvalue weighted by Gasteiger charge is 2.34. The number of H-pyrrole nitrogens is 1. The van der Waals surface area contributed by atoms with Crippen LogP contribution in [0.15, 0.2) is 30.6 Å². The van der Waals surface area contributed by atoms with Gasteiger partial charge in [-0.05, 0) is 25.0 Å². The van der Waals surface area contributed by atoms with E-state index in [1.807, 2.05) is 32.0 Å². The first-order valence-electron chi connectivity index (χ1n) is 6.66. The molecule has 5 nitrogen and oxygen atoms in total. The Hall–Kier alpha value is -2.30. The summed E-state index contributed by atoms with van der Waals surface area (Å²) in [5.74, 6) is 1.24. The van der Waals surface area contributed by atoms with Gasteiger partial charge in [0, 0.05) is 12.4 Å². The van der Waals surface area contributed by atoms with Crippen molar-refractivity contribution in [2.24, 2.45) is 0 Å². The van der Waals surface area contributed by atoms with Gasteiger partial charge in [-0.15, -0.1) is 0 Å². The summed E-state index contributed by atoms with van der Waals surface area (Å²) in [6, 6.07) is 6.09. The van der Waals surface area contributed by atoms with Crippen LogP contribution in [0.3, 0.4) is 0 Å². The Morgan fingerprint density at radius 2 is 2.05 bits per heavy atom. The van der Waals surface area contributed by atoms with Gasteiger partial charge in [-0.1, -0.05) is 18.2 Å². The average molecular weight is 271 g/mol. The second-order valence-electron chi connectivity index (χ2n) is 5.11. The van der Waals surface area contributed by atoms with Gasteiger partial charge in [-0.3, -0.25) is 4.79 Å². The van der Waals surface area contributed by atoms with Gasteiger partial charge in [0.05, 0.1) is 13.1 Å². The van der Waals surface area contributed by atoms with E-state index in [4.69, 9.17) is 4.74 Å². The van der Waals surface area contributed by atoms with Crippen molar-refractivity contribution in [2.45, 2.75) is 20.0 Å². The summed E-state index contributed by atoms with van der Waals surface area (Å²) in [4.78, 5) is 20.5. The maximum Gasteiger partial charge on any atom is 0.289 e. The van der Waals surface area contributed by atoms with Crippen molar-refractivity contribution in [1.29, 1.82) is 0 Å². The van der Waals surface area contributed by atoms with Crippen molar-refractivity contribution in [1.82, 2.24) is 14.9 Å². The molecule has 1 saturated heterocycles. The Morgan fingerprint density at radius 3 is 2.65 bits per heavy atom. The van der Waals surface area contributed by atoms with Crippen LogP contribution < -0.4 is 4.74 Å². The fraction of sp³-hybridized carbons (Fsp3) is 0.333. The van der Waals surface area contributed by atoms with Gasteiger partial charge >= 0.3 is 0 Å². The van der Waals surface area contributed by atoms with Crippen molar-refractivity contribution >= 4 is 5.91 Å². The van der Waals surface area contributed by atoms with Crippen LogP contribution in [0.2, 0.25) is 0 Å². The number of hydrogen-bond acceptors (Lipinski definition) is 3. The fourth-order valence-corrected chi connectivity index (χ4v) is 2.36. The normalized spacial score (nSPS) is 15.0. The maximum absolute atomic E-state index is 12.0. The highest BCUT2D eigenvalue weighted by atomic mass is 16.5. The summed E-state index contributed by atoms with van der Waals surface area (Å²) >= 11 is 0. The zero-order valence-electron chi connectivity index (χ0n) is 11.6. The van der Waals surface area contributed by atoms with Crippen LogP contribution in [0.4, 0.5) is 0 Å². The number of imidazole rings is 1. The molecule has 3 rings (SSSR count). The Balaban J connectivity index is 1.60. The number of rotatable bonds is 3. The van der Waals surface area contributed by atoms with Crippen molar-refractivity contribution in [3.63, 3.8) is 0 Å². The molecule has 0 aliphatic carbocycles. The van der Waals surface area contributed by atoms with Gasteiger partial charge in [0.25, 0.3) is 5.91 Å². The summed E-state index contributed by atoms with van der Waals surface area (Å²) in [7, 11) is 0. The standard InChI is InChI=1S/C15H17N3O2/c1-10-4-3-5-11(2)13(10)20-12-8-18(9-12)15(19)14-16-6-7-17-14/h3-7,12H,8-9H2,1-2H3,(H,16,17). The van der Waals surface area contributed by atoms with Gasteiger partial charge in [0.2, 0.25) is 0 Å². The highest BCUT2D eigenvalue weighted by Crippen LogP contribution is 2.26. The number of carbonyl (C=O) groups is 1. The molecule has 0 bridgehead atoms. The minimum atomic E-state index is -0.0728. The van der Waals surface area contributed by atoms with Gasteiger partial charge in [0.15, 0.2) is 5.82 Å². The fourth-order valence-electron chi connectivity index (χ4n) is 2.36. The van der Waals surface area contributed by atoms with E-state index in [9.17, 15) is 4.79 Å². The monoisotopic (exact) mass is 271 g/mol. The molecule has 20 heavy (non-hydrogen) atoms. The van der Waals surface area contributed by atoms with Crippen LogP contribution in [0, 0.1) is 13.8 Å². The molecule has 0 unspecified atom stereocenters. The molecular formula is C15H17N3O2. The van der Waals surface area contributed by atoms with Crippen LogP contribution in [0.1, 0.15) is 21.7 Å². The number of para-hydroxylation sites is 1. The number of amides is 1. The number of nitrogens with zero attached hydrogens (tertiary/aromatic N) is 2. The van der Waals surface area contributed by atoms with Crippen LogP contribution >= 0.6 is 0 Å². The van der Waals surface area contributed by atoms with E-state index >= 15 is 0 Å². The second-order valence-corrected chi connectivity index (χ2v) is 5.11. The van der Waals surface area contributed by atoms with E-state index in [2.05, 4.69) is 9.97 Å². The van der Waals surface area contributed by atoms with Crippen LogP contribution in [-0.4, -0.2) is 40.0 Å². The number of ether oxygens (including phenoxy) is 1. The first kappa shape index (κ1) is 12.7. The largest absolute Gasteiger partial charge is 0.486 e. The first-order chi connectivity index (χ1) is 9.65. The SMILES string of the molecule is Cc1cccc(C)c1OC1CN(C(=O)c2ncc[nH]2)C1. The molecule has 1 aromatic carbocycles. The van der Waals surface area contributed by atoms with Crippen molar-refractivity contribution in [2.75, 3.05) is 13.1 Å². The summed E-state index contributed by atoms with van der Waals surface area (Å²) in [5, 5.41) is 0. The van der Waals surface area contributed by atoms with Gasteiger partial charge < -0.3 is 14.6 Å². The minimum absolute atomic E-state index is 0.0636. The summed E-state index contributed by atoms with van der Waals surface area (Å²) < 4.78 is 5.99. The Kier molecular flexibility index (Phi) is 3.18. The highest BCUT2D eigenvalue weighted by molar-refractivity contribution is 5.91. The number of carbonyl (C=O) groups excluding carboxylic acids is 1. The molecule has 104 valence electrons. The summed E-state index contributed by atoms with van der Waals surface area (Å²) in [6.45, 7) is 5.28. The van der Waals surface area contributed by atoms with Gasteiger partial charge in [0.1, 0.15) is 11.9 Å². The number of aromatic amines is 1. The summed E-state index contributed by atoms with van der Waals surface area (Å²) in [5.41, 5.74) is 2.25. The molecule has 1 aliphatic heterocycles. The zero-order chi connectivity index (χ0) is 14.1.